The minimum Gasteiger partial charge on any atom is -0.489 e. The molecule has 0 radical (unpaired) electrons. The summed E-state index contributed by atoms with van der Waals surface area (Å²) >= 11 is 0. The van der Waals surface area contributed by atoms with Gasteiger partial charge >= 0.3 is 0 Å². The zero-order valence-corrected chi connectivity index (χ0v) is 13.0. The van der Waals surface area contributed by atoms with Crippen molar-refractivity contribution in [3.05, 3.63) is 65.7 Å². The molecule has 0 spiro atoms. The number of ether oxygens (including phenoxy) is 1. The Morgan fingerprint density at radius 3 is 2.43 bits per heavy atom. The molecule has 0 unspecified atom stereocenters. The zero-order valence-electron chi connectivity index (χ0n) is 13.0. The van der Waals surface area contributed by atoms with Gasteiger partial charge in [0, 0.05) is 6.04 Å². The van der Waals surface area contributed by atoms with Crippen molar-refractivity contribution in [1.29, 1.82) is 0 Å². The van der Waals surface area contributed by atoms with Gasteiger partial charge in [0.2, 0.25) is 0 Å². The number of benzene rings is 2. The third kappa shape index (κ3) is 5.24. The molecule has 2 heteroatoms. The minimum atomic E-state index is 0.0904. The molecule has 2 rings (SSSR count). The van der Waals surface area contributed by atoms with Crippen molar-refractivity contribution in [3.63, 3.8) is 0 Å². The van der Waals surface area contributed by atoms with Gasteiger partial charge in [0.25, 0.3) is 0 Å². The van der Waals surface area contributed by atoms with Crippen LogP contribution in [-0.4, -0.2) is 0 Å². The van der Waals surface area contributed by atoms with E-state index in [-0.39, 0.29) is 6.04 Å². The van der Waals surface area contributed by atoms with Crippen LogP contribution >= 0.6 is 0 Å². The van der Waals surface area contributed by atoms with Gasteiger partial charge in [0.05, 0.1) is 0 Å². The van der Waals surface area contributed by atoms with Crippen LogP contribution in [0.1, 0.15) is 43.9 Å². The summed E-state index contributed by atoms with van der Waals surface area (Å²) in [5.74, 6) is 1.57. The van der Waals surface area contributed by atoms with Crippen LogP contribution in [0.2, 0.25) is 0 Å². The first kappa shape index (κ1) is 15.6. The molecule has 2 aromatic rings. The van der Waals surface area contributed by atoms with E-state index in [1.807, 2.05) is 30.3 Å². The van der Waals surface area contributed by atoms with Crippen LogP contribution in [0.4, 0.5) is 0 Å². The highest BCUT2D eigenvalue weighted by atomic mass is 16.5. The van der Waals surface area contributed by atoms with E-state index in [1.54, 1.807) is 0 Å². The second-order valence-electron chi connectivity index (χ2n) is 5.92. The van der Waals surface area contributed by atoms with Crippen molar-refractivity contribution in [1.82, 2.24) is 0 Å². The Hall–Kier alpha value is -1.80. The van der Waals surface area contributed by atoms with Gasteiger partial charge in [-0.2, -0.15) is 0 Å². The monoisotopic (exact) mass is 283 g/mol. The molecule has 112 valence electrons. The molecule has 0 aliphatic rings. The lowest BCUT2D eigenvalue weighted by Crippen LogP contribution is -2.11. The average molecular weight is 283 g/mol. The van der Waals surface area contributed by atoms with Gasteiger partial charge in [0.1, 0.15) is 12.4 Å². The number of hydrogen-bond donors (Lipinski definition) is 1. The maximum atomic E-state index is 6.26. The zero-order chi connectivity index (χ0) is 15.1. The van der Waals surface area contributed by atoms with Gasteiger partial charge in [0.15, 0.2) is 0 Å². The Morgan fingerprint density at radius 2 is 1.71 bits per heavy atom. The molecule has 21 heavy (non-hydrogen) atoms. The molecule has 2 N–H and O–H groups in total. The molecule has 0 heterocycles. The minimum absolute atomic E-state index is 0.0904. The third-order valence-corrected chi connectivity index (χ3v) is 3.59. The van der Waals surface area contributed by atoms with Crippen LogP contribution < -0.4 is 10.5 Å². The van der Waals surface area contributed by atoms with E-state index < -0.39 is 0 Å². The van der Waals surface area contributed by atoms with Gasteiger partial charge in [-0.3, -0.25) is 0 Å². The number of nitrogens with two attached hydrogens (primary N) is 1. The summed E-state index contributed by atoms with van der Waals surface area (Å²) in [6.45, 7) is 5.05. The van der Waals surface area contributed by atoms with Gasteiger partial charge < -0.3 is 10.5 Å². The molecular formula is C19H25NO. The molecule has 0 saturated carbocycles. The largest absolute Gasteiger partial charge is 0.489 e. The van der Waals surface area contributed by atoms with E-state index in [2.05, 4.69) is 38.1 Å². The van der Waals surface area contributed by atoms with E-state index >= 15 is 0 Å². The lowest BCUT2D eigenvalue weighted by molar-refractivity contribution is 0.305. The molecule has 0 amide bonds. The van der Waals surface area contributed by atoms with Crippen LogP contribution in [0.3, 0.4) is 0 Å². The number of rotatable bonds is 7. The van der Waals surface area contributed by atoms with E-state index in [9.17, 15) is 0 Å². The summed E-state index contributed by atoms with van der Waals surface area (Å²) in [6.07, 6.45) is 2.16. The quantitative estimate of drug-likeness (QED) is 0.799. The van der Waals surface area contributed by atoms with Crippen molar-refractivity contribution in [2.45, 2.75) is 39.3 Å². The fourth-order valence-corrected chi connectivity index (χ4v) is 2.26. The molecular weight excluding hydrogens is 258 g/mol. The molecule has 0 aliphatic heterocycles. The third-order valence-electron chi connectivity index (χ3n) is 3.59. The topological polar surface area (TPSA) is 35.2 Å². The summed E-state index contributed by atoms with van der Waals surface area (Å²) in [5, 5.41) is 0. The van der Waals surface area contributed by atoms with Crippen LogP contribution in [-0.2, 0) is 6.61 Å². The van der Waals surface area contributed by atoms with Gasteiger partial charge in [-0.25, -0.2) is 0 Å². The molecule has 0 aliphatic carbocycles. The highest BCUT2D eigenvalue weighted by molar-refractivity contribution is 5.30. The van der Waals surface area contributed by atoms with Crippen LogP contribution in [0.5, 0.6) is 5.75 Å². The maximum Gasteiger partial charge on any atom is 0.120 e. The molecule has 1 atom stereocenters. The number of hydrogen-bond acceptors (Lipinski definition) is 2. The Morgan fingerprint density at radius 1 is 0.952 bits per heavy atom. The highest BCUT2D eigenvalue weighted by Gasteiger charge is 2.08. The van der Waals surface area contributed by atoms with Gasteiger partial charge in [-0.05, 0) is 42.0 Å². The van der Waals surface area contributed by atoms with E-state index in [0.29, 0.717) is 12.5 Å². The summed E-state index contributed by atoms with van der Waals surface area (Å²) in [6, 6.07) is 18.4. The van der Waals surface area contributed by atoms with Crippen molar-refractivity contribution in [2.75, 3.05) is 0 Å². The normalized spacial score (nSPS) is 12.4. The molecule has 0 aromatic heterocycles. The predicted molar refractivity (Wildman–Crippen MR) is 88.2 cm³/mol. The first-order valence-electron chi connectivity index (χ1n) is 7.67. The lowest BCUT2D eigenvalue weighted by Gasteiger charge is -2.15. The Labute approximate surface area is 127 Å². The predicted octanol–water partition coefficient (Wildman–Crippen LogP) is 4.70. The summed E-state index contributed by atoms with van der Waals surface area (Å²) in [5.41, 5.74) is 8.59. The first-order chi connectivity index (χ1) is 10.1. The molecule has 0 fully saturated rings. The fourth-order valence-electron chi connectivity index (χ4n) is 2.26. The molecule has 2 aromatic carbocycles. The second kappa shape index (κ2) is 7.84. The smallest absolute Gasteiger partial charge is 0.120 e. The Balaban J connectivity index is 1.94. The summed E-state index contributed by atoms with van der Waals surface area (Å²) in [4.78, 5) is 0. The SMILES string of the molecule is CC(C)CC[C@H](N)c1cccc(OCc2ccccc2)c1. The van der Waals surface area contributed by atoms with Crippen LogP contribution in [0, 0.1) is 5.92 Å². The van der Waals surface area contributed by atoms with Crippen LogP contribution in [0.25, 0.3) is 0 Å². The van der Waals surface area contributed by atoms with Crippen molar-refractivity contribution in [3.8, 4) is 5.75 Å². The molecule has 0 saturated heterocycles. The Bertz CT molecular complexity index is 536. The molecule has 2 nitrogen and oxygen atoms in total. The van der Waals surface area contributed by atoms with Crippen molar-refractivity contribution < 1.29 is 4.74 Å². The highest BCUT2D eigenvalue weighted by Crippen LogP contribution is 2.23. The first-order valence-corrected chi connectivity index (χ1v) is 7.67. The molecule has 0 bridgehead atoms. The summed E-state index contributed by atoms with van der Waals surface area (Å²) < 4.78 is 5.85. The Kier molecular flexibility index (Phi) is 5.82. The van der Waals surface area contributed by atoms with E-state index in [4.69, 9.17) is 10.5 Å². The summed E-state index contributed by atoms with van der Waals surface area (Å²) in [7, 11) is 0. The maximum absolute atomic E-state index is 6.26. The standard InChI is InChI=1S/C19H25NO/c1-15(2)11-12-19(20)17-9-6-10-18(13-17)21-14-16-7-4-3-5-8-16/h3-10,13,15,19H,11-12,14,20H2,1-2H3/t19-/m0/s1. The van der Waals surface area contributed by atoms with Crippen molar-refractivity contribution >= 4 is 0 Å². The fraction of sp³-hybridized carbons (Fsp3) is 0.368. The van der Waals surface area contributed by atoms with Gasteiger partial charge in [-0.1, -0.05) is 56.3 Å². The van der Waals surface area contributed by atoms with Crippen molar-refractivity contribution in [2.24, 2.45) is 11.7 Å². The lowest BCUT2D eigenvalue weighted by atomic mass is 9.98. The van der Waals surface area contributed by atoms with Crippen LogP contribution in [0.15, 0.2) is 54.6 Å². The second-order valence-corrected chi connectivity index (χ2v) is 5.92. The van der Waals surface area contributed by atoms with E-state index in [0.717, 1.165) is 24.2 Å². The van der Waals surface area contributed by atoms with Gasteiger partial charge in [-0.15, -0.1) is 0 Å². The van der Waals surface area contributed by atoms with E-state index in [1.165, 1.54) is 5.56 Å². The average Bonchev–Trinajstić information content (AvgIpc) is 2.52.